The molecule has 0 unspecified atom stereocenters. The van der Waals surface area contributed by atoms with Gasteiger partial charge in [-0.25, -0.2) is 4.98 Å². The van der Waals surface area contributed by atoms with Crippen LogP contribution < -0.4 is 10.9 Å². The van der Waals surface area contributed by atoms with E-state index in [1.165, 1.54) is 11.8 Å². The average Bonchev–Trinajstić information content (AvgIpc) is 2.96. The smallest absolute Gasteiger partial charge is 0.267 e. The zero-order valence-corrected chi connectivity index (χ0v) is 15.2. The highest BCUT2D eigenvalue weighted by Gasteiger charge is 2.25. The number of aromatic nitrogens is 2. The zero-order chi connectivity index (χ0) is 17.1. The molecule has 0 bridgehead atoms. The third-order valence-corrected chi connectivity index (χ3v) is 5.99. The molecule has 126 valence electrons. The number of amides is 1. The van der Waals surface area contributed by atoms with Gasteiger partial charge in [0.2, 0.25) is 5.91 Å². The molecule has 5 nitrogen and oxygen atoms in total. The van der Waals surface area contributed by atoms with Crippen LogP contribution in [-0.4, -0.2) is 26.5 Å². The number of carbonyl (C=O) groups excluding carboxylic acids is 1. The maximum atomic E-state index is 12.4. The minimum atomic E-state index is -0.0682. The molecule has 1 aliphatic rings. The predicted octanol–water partition coefficient (Wildman–Crippen LogP) is 2.23. The number of fused-ring (bicyclic) bond motifs is 1. The fourth-order valence-electron chi connectivity index (χ4n) is 2.48. The van der Waals surface area contributed by atoms with Gasteiger partial charge >= 0.3 is 0 Å². The maximum absolute atomic E-state index is 12.4. The van der Waals surface area contributed by atoms with E-state index >= 15 is 0 Å². The quantitative estimate of drug-likeness (QED) is 0.653. The van der Waals surface area contributed by atoms with Crippen molar-refractivity contribution < 1.29 is 4.79 Å². The standard InChI is InChI=1S/C17H19N3O2S2/c1-11-8-13-15(24-11)16(22)20(2)17(19-13)23-10-14(21)18-9-12-6-4-3-5-7-12/h3-7,11H,8-10H2,1-2H3,(H,18,21)/t11-/m0/s1. The van der Waals surface area contributed by atoms with Crippen molar-refractivity contribution in [1.82, 2.24) is 14.9 Å². The molecule has 2 heterocycles. The Morgan fingerprint density at radius 2 is 2.17 bits per heavy atom. The van der Waals surface area contributed by atoms with Crippen LogP contribution in [0.1, 0.15) is 18.2 Å². The Bertz CT molecular complexity index is 805. The lowest BCUT2D eigenvalue weighted by Gasteiger charge is -2.09. The fraction of sp³-hybridized carbons (Fsp3) is 0.353. The van der Waals surface area contributed by atoms with Crippen LogP contribution >= 0.6 is 23.5 Å². The lowest BCUT2D eigenvalue weighted by atomic mass is 10.2. The molecule has 0 saturated heterocycles. The first-order valence-corrected chi connectivity index (χ1v) is 9.61. The lowest BCUT2D eigenvalue weighted by molar-refractivity contribution is -0.118. The maximum Gasteiger partial charge on any atom is 0.267 e. The summed E-state index contributed by atoms with van der Waals surface area (Å²) in [6.07, 6.45) is 0.809. The van der Waals surface area contributed by atoms with Crippen LogP contribution in [0.4, 0.5) is 0 Å². The number of thioether (sulfide) groups is 2. The lowest BCUT2D eigenvalue weighted by Crippen LogP contribution is -2.26. The van der Waals surface area contributed by atoms with E-state index in [0.717, 1.165) is 22.6 Å². The molecule has 1 N–H and O–H groups in total. The largest absolute Gasteiger partial charge is 0.351 e. The van der Waals surface area contributed by atoms with Crippen molar-refractivity contribution in [3.63, 3.8) is 0 Å². The Kier molecular flexibility index (Phi) is 5.30. The van der Waals surface area contributed by atoms with Crippen LogP contribution in [0.3, 0.4) is 0 Å². The first-order chi connectivity index (χ1) is 11.5. The Morgan fingerprint density at radius 1 is 1.42 bits per heavy atom. The molecule has 24 heavy (non-hydrogen) atoms. The molecule has 1 amide bonds. The minimum absolute atomic E-state index is 0.0125. The average molecular weight is 361 g/mol. The Balaban J connectivity index is 1.61. The second-order valence-electron chi connectivity index (χ2n) is 5.72. The molecule has 1 aromatic heterocycles. The van der Waals surface area contributed by atoms with Crippen LogP contribution in [0.2, 0.25) is 0 Å². The Labute approximate surface area is 149 Å². The summed E-state index contributed by atoms with van der Waals surface area (Å²) in [5, 5.41) is 3.87. The number of hydrogen-bond donors (Lipinski definition) is 1. The summed E-state index contributed by atoms with van der Waals surface area (Å²) in [6, 6.07) is 9.77. The van der Waals surface area contributed by atoms with E-state index in [1.807, 2.05) is 30.3 Å². The Morgan fingerprint density at radius 3 is 2.92 bits per heavy atom. The third kappa shape index (κ3) is 3.84. The van der Waals surface area contributed by atoms with E-state index < -0.39 is 0 Å². The van der Waals surface area contributed by atoms with Crippen LogP contribution in [0.25, 0.3) is 0 Å². The van der Waals surface area contributed by atoms with Crippen molar-refractivity contribution >= 4 is 29.4 Å². The summed E-state index contributed by atoms with van der Waals surface area (Å²) >= 11 is 2.89. The van der Waals surface area contributed by atoms with E-state index in [4.69, 9.17) is 0 Å². The van der Waals surface area contributed by atoms with Crippen LogP contribution in [0, 0.1) is 0 Å². The molecule has 0 aliphatic carbocycles. The summed E-state index contributed by atoms with van der Waals surface area (Å²) in [7, 11) is 1.71. The highest BCUT2D eigenvalue weighted by atomic mass is 32.2. The second kappa shape index (κ2) is 7.44. The van der Waals surface area contributed by atoms with Crippen molar-refractivity contribution in [3.8, 4) is 0 Å². The summed E-state index contributed by atoms with van der Waals surface area (Å²) < 4.78 is 1.54. The normalized spacial score (nSPS) is 16.0. The predicted molar refractivity (Wildman–Crippen MR) is 97.5 cm³/mol. The van der Waals surface area contributed by atoms with Gasteiger partial charge in [-0.1, -0.05) is 49.0 Å². The first-order valence-electron chi connectivity index (χ1n) is 7.74. The van der Waals surface area contributed by atoms with Gasteiger partial charge in [0, 0.05) is 25.3 Å². The molecule has 0 saturated carbocycles. The van der Waals surface area contributed by atoms with E-state index in [-0.39, 0.29) is 17.2 Å². The van der Waals surface area contributed by atoms with Gasteiger partial charge in [-0.2, -0.15) is 0 Å². The number of rotatable bonds is 5. The second-order valence-corrected chi connectivity index (χ2v) is 8.11. The van der Waals surface area contributed by atoms with Gasteiger partial charge in [0.25, 0.3) is 5.56 Å². The molecule has 1 aromatic carbocycles. The highest BCUT2D eigenvalue weighted by Crippen LogP contribution is 2.33. The van der Waals surface area contributed by atoms with Crippen LogP contribution in [-0.2, 0) is 24.8 Å². The molecule has 2 aromatic rings. The van der Waals surface area contributed by atoms with Gasteiger partial charge in [-0.15, -0.1) is 11.8 Å². The molecule has 0 fully saturated rings. The Hall–Kier alpha value is -1.73. The zero-order valence-electron chi connectivity index (χ0n) is 13.6. The molecule has 0 radical (unpaired) electrons. The van der Waals surface area contributed by atoms with Crippen LogP contribution in [0.15, 0.2) is 45.2 Å². The third-order valence-electron chi connectivity index (χ3n) is 3.74. The van der Waals surface area contributed by atoms with Crippen molar-refractivity contribution in [2.45, 2.75) is 35.2 Å². The van der Waals surface area contributed by atoms with Crippen molar-refractivity contribution in [2.75, 3.05) is 5.75 Å². The molecule has 0 spiro atoms. The number of nitrogens with zero attached hydrogens (tertiary/aromatic N) is 2. The van der Waals surface area contributed by atoms with E-state index in [1.54, 1.807) is 23.4 Å². The molecular formula is C17H19N3O2S2. The van der Waals surface area contributed by atoms with Crippen LogP contribution in [0.5, 0.6) is 0 Å². The molecular weight excluding hydrogens is 342 g/mol. The topological polar surface area (TPSA) is 64.0 Å². The van der Waals surface area contributed by atoms with Gasteiger partial charge in [-0.3, -0.25) is 14.2 Å². The monoisotopic (exact) mass is 361 g/mol. The number of benzene rings is 1. The van der Waals surface area contributed by atoms with Gasteiger partial charge < -0.3 is 5.32 Å². The van der Waals surface area contributed by atoms with Gasteiger partial charge in [-0.05, 0) is 5.56 Å². The number of hydrogen-bond acceptors (Lipinski definition) is 5. The summed E-state index contributed by atoms with van der Waals surface area (Å²) in [5.41, 5.74) is 1.91. The van der Waals surface area contributed by atoms with Gasteiger partial charge in [0.1, 0.15) is 0 Å². The van der Waals surface area contributed by atoms with Gasteiger partial charge in [0.15, 0.2) is 5.16 Å². The van der Waals surface area contributed by atoms with E-state index in [0.29, 0.717) is 17.0 Å². The van der Waals surface area contributed by atoms with Crippen molar-refractivity contribution in [1.29, 1.82) is 0 Å². The van der Waals surface area contributed by atoms with E-state index in [9.17, 15) is 9.59 Å². The van der Waals surface area contributed by atoms with Crippen molar-refractivity contribution in [2.24, 2.45) is 7.05 Å². The minimum Gasteiger partial charge on any atom is -0.351 e. The summed E-state index contributed by atoms with van der Waals surface area (Å²) in [4.78, 5) is 29.7. The molecule has 1 aliphatic heterocycles. The van der Waals surface area contributed by atoms with Gasteiger partial charge in [0.05, 0.1) is 16.3 Å². The number of nitrogens with one attached hydrogen (secondary N) is 1. The summed E-state index contributed by atoms with van der Waals surface area (Å²) in [6.45, 7) is 2.60. The molecule has 3 rings (SSSR count). The molecule has 7 heteroatoms. The van der Waals surface area contributed by atoms with E-state index in [2.05, 4.69) is 17.2 Å². The summed E-state index contributed by atoms with van der Waals surface area (Å²) in [5.74, 6) is 0.176. The fourth-order valence-corrected chi connectivity index (χ4v) is 4.44. The molecule has 1 atom stereocenters. The SMILES string of the molecule is C[C@H]1Cc2nc(SCC(=O)NCc3ccccc3)n(C)c(=O)c2S1. The first kappa shape index (κ1) is 17.1. The number of carbonyl (C=O) groups is 1. The highest BCUT2D eigenvalue weighted by molar-refractivity contribution is 8.00. The van der Waals surface area contributed by atoms with Crippen molar-refractivity contribution in [3.05, 3.63) is 51.9 Å².